The van der Waals surface area contributed by atoms with Crippen LogP contribution in [0.15, 0.2) is 24.8 Å². The summed E-state index contributed by atoms with van der Waals surface area (Å²) in [6, 6.07) is 3.19. The van der Waals surface area contributed by atoms with E-state index in [1.165, 1.54) is 12.4 Å². The fraction of sp³-hybridized carbons (Fsp3) is 0.278. The van der Waals surface area contributed by atoms with Gasteiger partial charge in [-0.2, -0.15) is 0 Å². The van der Waals surface area contributed by atoms with Crippen molar-refractivity contribution in [2.45, 2.75) is 26.4 Å². The van der Waals surface area contributed by atoms with E-state index >= 15 is 0 Å². The molecular formula is C18H16ClFN8. The van der Waals surface area contributed by atoms with Crippen molar-refractivity contribution in [3.8, 4) is 11.5 Å². The number of H-pyrrole nitrogens is 1. The Balaban J connectivity index is 1.56. The molecule has 10 heteroatoms. The van der Waals surface area contributed by atoms with E-state index in [1.54, 1.807) is 6.33 Å². The number of benzene rings is 1. The van der Waals surface area contributed by atoms with Crippen molar-refractivity contribution in [2.75, 3.05) is 11.4 Å². The van der Waals surface area contributed by atoms with Gasteiger partial charge in [-0.3, -0.25) is 4.57 Å². The van der Waals surface area contributed by atoms with Gasteiger partial charge in [0.05, 0.1) is 6.33 Å². The predicted octanol–water partition coefficient (Wildman–Crippen LogP) is 2.99. The minimum Gasteiger partial charge on any atom is -0.341 e. The molecule has 8 nitrogen and oxygen atoms in total. The summed E-state index contributed by atoms with van der Waals surface area (Å²) in [7, 11) is 0. The first-order chi connectivity index (χ1) is 13.7. The number of imidazole rings is 1. The number of fused-ring (bicyclic) bond motifs is 2. The average Bonchev–Trinajstić information content (AvgIpc) is 3.34. The molecule has 0 unspecified atom stereocenters. The van der Waals surface area contributed by atoms with Crippen molar-refractivity contribution in [1.29, 1.82) is 0 Å². The smallest absolute Gasteiger partial charge is 0.227 e. The SMILES string of the molecule is CCn1c(-c2ncnc3nc[nH]c23)nnc1N1CCc2cc(Cl)cc(F)c2C1. The summed E-state index contributed by atoms with van der Waals surface area (Å²) in [6.45, 7) is 3.78. The molecule has 0 radical (unpaired) electrons. The second-order valence-corrected chi connectivity index (χ2v) is 7.02. The second-order valence-electron chi connectivity index (χ2n) is 6.59. The van der Waals surface area contributed by atoms with Crippen molar-refractivity contribution in [1.82, 2.24) is 34.7 Å². The lowest BCUT2D eigenvalue weighted by atomic mass is 9.99. The zero-order valence-electron chi connectivity index (χ0n) is 15.0. The van der Waals surface area contributed by atoms with Gasteiger partial charge in [0.25, 0.3) is 0 Å². The molecule has 0 amide bonds. The zero-order chi connectivity index (χ0) is 19.3. The van der Waals surface area contributed by atoms with Crippen LogP contribution in [0.1, 0.15) is 18.1 Å². The molecule has 142 valence electrons. The molecule has 0 saturated carbocycles. The molecule has 28 heavy (non-hydrogen) atoms. The van der Waals surface area contributed by atoms with E-state index in [0.717, 1.165) is 5.56 Å². The first-order valence-corrected chi connectivity index (χ1v) is 9.33. The monoisotopic (exact) mass is 398 g/mol. The maximum Gasteiger partial charge on any atom is 0.227 e. The van der Waals surface area contributed by atoms with Crippen molar-refractivity contribution in [2.24, 2.45) is 0 Å². The summed E-state index contributed by atoms with van der Waals surface area (Å²) in [5.41, 5.74) is 3.52. The van der Waals surface area contributed by atoms with Crippen LogP contribution in [-0.4, -0.2) is 41.2 Å². The Morgan fingerprint density at radius 3 is 2.96 bits per heavy atom. The van der Waals surface area contributed by atoms with E-state index < -0.39 is 0 Å². The van der Waals surface area contributed by atoms with Crippen LogP contribution in [0.25, 0.3) is 22.7 Å². The van der Waals surface area contributed by atoms with Gasteiger partial charge in [0.15, 0.2) is 11.5 Å². The number of halogens is 2. The Morgan fingerprint density at radius 1 is 1.21 bits per heavy atom. The highest BCUT2D eigenvalue weighted by Crippen LogP contribution is 2.30. The molecule has 0 bridgehead atoms. The van der Waals surface area contributed by atoms with E-state index in [9.17, 15) is 4.39 Å². The molecule has 0 saturated heterocycles. The molecule has 1 N–H and O–H groups in total. The molecule has 4 heterocycles. The van der Waals surface area contributed by atoms with Gasteiger partial charge in [0, 0.05) is 30.2 Å². The Kier molecular flexibility index (Phi) is 3.97. The summed E-state index contributed by atoms with van der Waals surface area (Å²) >= 11 is 5.99. The maximum absolute atomic E-state index is 14.4. The van der Waals surface area contributed by atoms with Crippen molar-refractivity contribution in [3.05, 3.63) is 46.8 Å². The van der Waals surface area contributed by atoms with Crippen molar-refractivity contribution in [3.63, 3.8) is 0 Å². The van der Waals surface area contributed by atoms with Crippen LogP contribution in [-0.2, 0) is 19.5 Å². The number of nitrogens with zero attached hydrogens (tertiary/aromatic N) is 7. The molecule has 3 aromatic heterocycles. The molecular weight excluding hydrogens is 383 g/mol. The van der Waals surface area contributed by atoms with Crippen LogP contribution in [0, 0.1) is 5.82 Å². The van der Waals surface area contributed by atoms with Gasteiger partial charge in [-0.05, 0) is 31.0 Å². The standard InChI is InChI=1S/C18H16ClFN8/c1-2-28-17(15-14-16(23-8-21-14)24-9-22-15)25-26-18(28)27-4-3-10-5-11(19)6-13(20)12(10)7-27/h5-6,8-9H,2-4,7H2,1H3,(H,21,22,23,24). The van der Waals surface area contributed by atoms with E-state index in [-0.39, 0.29) is 5.82 Å². The van der Waals surface area contributed by atoms with Gasteiger partial charge in [-0.25, -0.2) is 19.3 Å². The summed E-state index contributed by atoms with van der Waals surface area (Å²) in [4.78, 5) is 17.8. The average molecular weight is 399 g/mol. The molecule has 0 aliphatic carbocycles. The third-order valence-electron chi connectivity index (χ3n) is 5.02. The number of aromatic nitrogens is 7. The van der Waals surface area contributed by atoms with Gasteiger partial charge in [-0.1, -0.05) is 11.6 Å². The van der Waals surface area contributed by atoms with Crippen LogP contribution in [0.4, 0.5) is 10.3 Å². The van der Waals surface area contributed by atoms with Gasteiger partial charge in [-0.15, -0.1) is 10.2 Å². The van der Waals surface area contributed by atoms with Gasteiger partial charge in [0.1, 0.15) is 23.4 Å². The number of nitrogens with one attached hydrogen (secondary N) is 1. The Labute approximate surface area is 164 Å². The number of aromatic amines is 1. The summed E-state index contributed by atoms with van der Waals surface area (Å²) in [5.74, 6) is 1.02. The van der Waals surface area contributed by atoms with Crippen LogP contribution < -0.4 is 4.90 Å². The van der Waals surface area contributed by atoms with Gasteiger partial charge >= 0.3 is 0 Å². The Morgan fingerprint density at radius 2 is 2.11 bits per heavy atom. The van der Waals surface area contributed by atoms with Crippen molar-refractivity contribution >= 4 is 28.7 Å². The topological polar surface area (TPSA) is 88.4 Å². The van der Waals surface area contributed by atoms with E-state index in [1.807, 2.05) is 22.5 Å². The van der Waals surface area contributed by atoms with Gasteiger partial charge in [0.2, 0.25) is 5.95 Å². The molecule has 0 atom stereocenters. The zero-order valence-corrected chi connectivity index (χ0v) is 15.8. The quantitative estimate of drug-likeness (QED) is 0.570. The van der Waals surface area contributed by atoms with E-state index in [0.29, 0.717) is 65.3 Å². The minimum absolute atomic E-state index is 0.287. The molecule has 1 aliphatic heterocycles. The third kappa shape index (κ3) is 2.62. The van der Waals surface area contributed by atoms with Crippen LogP contribution in [0.5, 0.6) is 0 Å². The lowest BCUT2D eigenvalue weighted by Crippen LogP contribution is -2.33. The number of rotatable bonds is 3. The molecule has 4 aromatic rings. The summed E-state index contributed by atoms with van der Waals surface area (Å²) in [5, 5.41) is 9.19. The maximum atomic E-state index is 14.4. The van der Waals surface area contributed by atoms with E-state index in [2.05, 4.69) is 30.1 Å². The molecule has 5 rings (SSSR count). The summed E-state index contributed by atoms with van der Waals surface area (Å²) < 4.78 is 16.4. The third-order valence-corrected chi connectivity index (χ3v) is 5.24. The molecule has 0 spiro atoms. The highest BCUT2D eigenvalue weighted by atomic mass is 35.5. The number of hydrogen-bond donors (Lipinski definition) is 1. The number of anilines is 1. The normalized spacial score (nSPS) is 13.9. The van der Waals surface area contributed by atoms with Crippen LogP contribution in [0.2, 0.25) is 5.02 Å². The molecule has 1 aliphatic rings. The lowest BCUT2D eigenvalue weighted by Gasteiger charge is -2.30. The summed E-state index contributed by atoms with van der Waals surface area (Å²) in [6.07, 6.45) is 3.73. The predicted molar refractivity (Wildman–Crippen MR) is 103 cm³/mol. The van der Waals surface area contributed by atoms with E-state index in [4.69, 9.17) is 11.6 Å². The number of hydrogen-bond acceptors (Lipinski definition) is 6. The fourth-order valence-electron chi connectivity index (χ4n) is 3.68. The van der Waals surface area contributed by atoms with Crippen molar-refractivity contribution < 1.29 is 4.39 Å². The minimum atomic E-state index is -0.287. The second kappa shape index (κ2) is 6.52. The fourth-order valence-corrected chi connectivity index (χ4v) is 3.91. The van der Waals surface area contributed by atoms with Gasteiger partial charge < -0.3 is 9.88 Å². The first kappa shape index (κ1) is 17.1. The largest absolute Gasteiger partial charge is 0.341 e. The molecule has 1 aromatic carbocycles. The van der Waals surface area contributed by atoms with Crippen LogP contribution >= 0.6 is 11.6 Å². The highest BCUT2D eigenvalue weighted by molar-refractivity contribution is 6.30. The first-order valence-electron chi connectivity index (χ1n) is 8.95. The lowest BCUT2D eigenvalue weighted by molar-refractivity contribution is 0.580. The van der Waals surface area contributed by atoms with Crippen LogP contribution in [0.3, 0.4) is 0 Å². The Hall–Kier alpha value is -3.07. The molecule has 0 fully saturated rings. The Bertz CT molecular complexity index is 1180. The highest BCUT2D eigenvalue weighted by Gasteiger charge is 2.26.